The highest BCUT2D eigenvalue weighted by Crippen LogP contribution is 2.39. The van der Waals surface area contributed by atoms with E-state index in [9.17, 15) is 0 Å². The molecule has 0 heterocycles. The van der Waals surface area contributed by atoms with E-state index in [1.165, 1.54) is 64.3 Å². The fraction of sp³-hybridized carbons (Fsp3) is 1.00. The van der Waals surface area contributed by atoms with Crippen molar-refractivity contribution in [3.63, 3.8) is 0 Å². The van der Waals surface area contributed by atoms with Gasteiger partial charge in [-0.25, -0.2) is 0 Å². The predicted octanol–water partition coefficient (Wildman–Crippen LogP) is 3.74. The molecule has 2 fully saturated rings. The lowest BCUT2D eigenvalue weighted by Gasteiger charge is -2.32. The Labute approximate surface area is 95.0 Å². The summed E-state index contributed by atoms with van der Waals surface area (Å²) < 4.78 is 0. The first-order chi connectivity index (χ1) is 7.42. The maximum atomic E-state index is 3.78. The van der Waals surface area contributed by atoms with E-state index >= 15 is 0 Å². The van der Waals surface area contributed by atoms with Gasteiger partial charge in [-0.3, -0.25) is 0 Å². The highest BCUT2D eigenvalue weighted by atomic mass is 14.9. The van der Waals surface area contributed by atoms with Gasteiger partial charge in [0.15, 0.2) is 0 Å². The van der Waals surface area contributed by atoms with E-state index in [1.807, 2.05) is 0 Å². The minimum Gasteiger partial charge on any atom is -0.314 e. The van der Waals surface area contributed by atoms with Crippen LogP contribution in [0.1, 0.15) is 64.7 Å². The third kappa shape index (κ3) is 2.96. The average Bonchev–Trinajstić information content (AvgIpc) is 2.75. The van der Waals surface area contributed by atoms with Gasteiger partial charge in [0, 0.05) is 6.04 Å². The van der Waals surface area contributed by atoms with Crippen molar-refractivity contribution in [3.05, 3.63) is 0 Å². The second-order valence-corrected chi connectivity index (χ2v) is 5.55. The summed E-state index contributed by atoms with van der Waals surface area (Å²) in [5, 5.41) is 3.78. The molecule has 0 radical (unpaired) electrons. The zero-order valence-electron chi connectivity index (χ0n) is 10.3. The molecule has 0 aromatic carbocycles. The van der Waals surface area contributed by atoms with E-state index in [1.54, 1.807) is 0 Å². The topological polar surface area (TPSA) is 12.0 Å². The maximum Gasteiger partial charge on any atom is 0.00979 e. The molecule has 0 amide bonds. The Morgan fingerprint density at radius 2 is 1.73 bits per heavy atom. The van der Waals surface area contributed by atoms with Crippen LogP contribution in [0.3, 0.4) is 0 Å². The van der Waals surface area contributed by atoms with Crippen LogP contribution >= 0.6 is 0 Å². The third-order valence-corrected chi connectivity index (χ3v) is 4.48. The van der Waals surface area contributed by atoms with Crippen LogP contribution < -0.4 is 5.32 Å². The van der Waals surface area contributed by atoms with Gasteiger partial charge >= 0.3 is 0 Å². The number of hydrogen-bond donors (Lipinski definition) is 1. The number of nitrogens with one attached hydrogen (secondary N) is 1. The van der Waals surface area contributed by atoms with Crippen molar-refractivity contribution in [2.45, 2.75) is 70.8 Å². The van der Waals surface area contributed by atoms with Gasteiger partial charge in [0.05, 0.1) is 0 Å². The van der Waals surface area contributed by atoms with Crippen molar-refractivity contribution in [1.29, 1.82) is 0 Å². The Bertz CT molecular complexity index is 172. The first kappa shape index (κ1) is 11.4. The molecule has 2 unspecified atom stereocenters. The minimum absolute atomic E-state index is 0.869. The van der Waals surface area contributed by atoms with Crippen molar-refractivity contribution in [1.82, 2.24) is 5.32 Å². The Morgan fingerprint density at radius 3 is 2.47 bits per heavy atom. The molecule has 0 spiro atoms. The van der Waals surface area contributed by atoms with Gasteiger partial charge in [-0.1, -0.05) is 45.4 Å². The second kappa shape index (κ2) is 5.89. The second-order valence-electron chi connectivity index (χ2n) is 5.55. The van der Waals surface area contributed by atoms with E-state index in [0.717, 1.165) is 17.9 Å². The predicted molar refractivity (Wildman–Crippen MR) is 66.0 cm³/mol. The van der Waals surface area contributed by atoms with Gasteiger partial charge in [-0.05, 0) is 37.6 Å². The molecule has 0 aromatic rings. The lowest BCUT2D eigenvalue weighted by atomic mass is 9.77. The van der Waals surface area contributed by atoms with Crippen LogP contribution in [0.15, 0.2) is 0 Å². The quantitative estimate of drug-likeness (QED) is 0.744. The molecule has 2 aliphatic rings. The van der Waals surface area contributed by atoms with Crippen LogP contribution in [0.25, 0.3) is 0 Å². The lowest BCUT2D eigenvalue weighted by molar-refractivity contribution is 0.217. The molecular formula is C14H27N. The Morgan fingerprint density at radius 1 is 0.933 bits per heavy atom. The maximum absolute atomic E-state index is 3.78. The van der Waals surface area contributed by atoms with Crippen molar-refractivity contribution in [2.24, 2.45) is 11.8 Å². The van der Waals surface area contributed by atoms with Crippen LogP contribution in [-0.2, 0) is 0 Å². The molecule has 0 saturated heterocycles. The normalized spacial score (nSPS) is 33.4. The van der Waals surface area contributed by atoms with Crippen LogP contribution in [0.5, 0.6) is 0 Å². The first-order valence-electron chi connectivity index (χ1n) is 7.15. The van der Waals surface area contributed by atoms with Gasteiger partial charge in [0.25, 0.3) is 0 Å². The van der Waals surface area contributed by atoms with Crippen LogP contribution in [-0.4, -0.2) is 12.6 Å². The molecule has 1 nitrogen and oxygen atoms in total. The monoisotopic (exact) mass is 209 g/mol. The van der Waals surface area contributed by atoms with Crippen molar-refractivity contribution >= 4 is 0 Å². The van der Waals surface area contributed by atoms with Gasteiger partial charge < -0.3 is 5.32 Å². The molecular weight excluding hydrogens is 182 g/mol. The Kier molecular flexibility index (Phi) is 4.49. The van der Waals surface area contributed by atoms with Gasteiger partial charge in [0.2, 0.25) is 0 Å². The number of hydrogen-bond acceptors (Lipinski definition) is 1. The molecule has 0 aromatic heterocycles. The summed E-state index contributed by atoms with van der Waals surface area (Å²) in [6, 6.07) is 0.869. The summed E-state index contributed by atoms with van der Waals surface area (Å²) in [4.78, 5) is 0. The number of rotatable bonds is 4. The van der Waals surface area contributed by atoms with E-state index in [4.69, 9.17) is 0 Å². The van der Waals surface area contributed by atoms with Gasteiger partial charge in [-0.2, -0.15) is 0 Å². The highest BCUT2D eigenvalue weighted by molar-refractivity contribution is 4.88. The van der Waals surface area contributed by atoms with Crippen molar-refractivity contribution in [2.75, 3.05) is 6.54 Å². The largest absolute Gasteiger partial charge is 0.314 e. The summed E-state index contributed by atoms with van der Waals surface area (Å²) in [5.41, 5.74) is 0. The van der Waals surface area contributed by atoms with E-state index in [2.05, 4.69) is 12.2 Å². The minimum atomic E-state index is 0.869. The summed E-state index contributed by atoms with van der Waals surface area (Å²) in [6.45, 7) is 3.51. The Hall–Kier alpha value is -0.0400. The zero-order chi connectivity index (χ0) is 10.5. The summed E-state index contributed by atoms with van der Waals surface area (Å²) >= 11 is 0. The fourth-order valence-electron chi connectivity index (χ4n) is 3.70. The third-order valence-electron chi connectivity index (χ3n) is 4.48. The summed E-state index contributed by atoms with van der Waals surface area (Å²) in [7, 11) is 0. The van der Waals surface area contributed by atoms with Crippen molar-refractivity contribution < 1.29 is 0 Å². The summed E-state index contributed by atoms with van der Waals surface area (Å²) in [6.07, 6.45) is 13.3. The summed E-state index contributed by atoms with van der Waals surface area (Å²) in [5.74, 6) is 2.09. The molecule has 15 heavy (non-hydrogen) atoms. The average molecular weight is 209 g/mol. The lowest BCUT2D eigenvalue weighted by Crippen LogP contribution is -2.37. The SMILES string of the molecule is CCCNC1CCCC1C1CCCCC1. The smallest absolute Gasteiger partial charge is 0.00979 e. The van der Waals surface area contributed by atoms with Gasteiger partial charge in [-0.15, -0.1) is 0 Å². The van der Waals surface area contributed by atoms with Crippen LogP contribution in [0.2, 0.25) is 0 Å². The zero-order valence-corrected chi connectivity index (χ0v) is 10.3. The fourth-order valence-corrected chi connectivity index (χ4v) is 3.70. The molecule has 2 aliphatic carbocycles. The van der Waals surface area contributed by atoms with Crippen LogP contribution in [0.4, 0.5) is 0 Å². The van der Waals surface area contributed by atoms with E-state index in [-0.39, 0.29) is 0 Å². The van der Waals surface area contributed by atoms with Crippen molar-refractivity contribution in [3.8, 4) is 0 Å². The molecule has 1 heteroatoms. The van der Waals surface area contributed by atoms with Crippen LogP contribution in [0, 0.1) is 11.8 Å². The van der Waals surface area contributed by atoms with E-state index in [0.29, 0.717) is 0 Å². The Balaban J connectivity index is 1.82. The standard InChI is InChI=1S/C14H27N/c1-2-11-15-14-10-6-9-13(14)12-7-4-3-5-8-12/h12-15H,2-11H2,1H3. The molecule has 0 bridgehead atoms. The molecule has 0 aliphatic heterocycles. The molecule has 2 atom stereocenters. The first-order valence-corrected chi connectivity index (χ1v) is 7.15. The van der Waals surface area contributed by atoms with E-state index < -0.39 is 0 Å². The highest BCUT2D eigenvalue weighted by Gasteiger charge is 2.33. The molecule has 2 rings (SSSR count). The molecule has 1 N–H and O–H groups in total. The molecule has 2 saturated carbocycles. The molecule has 88 valence electrons. The van der Waals surface area contributed by atoms with Gasteiger partial charge in [0.1, 0.15) is 0 Å².